The monoisotopic (exact) mass is 454 g/mol. The van der Waals surface area contributed by atoms with Crippen molar-refractivity contribution in [3.8, 4) is 11.1 Å². The molecule has 2 aliphatic heterocycles. The van der Waals surface area contributed by atoms with Crippen molar-refractivity contribution in [2.45, 2.75) is 43.6 Å². The average Bonchev–Trinajstić information content (AvgIpc) is 2.98. The lowest BCUT2D eigenvalue weighted by Crippen LogP contribution is -2.55. The third-order valence-electron chi connectivity index (χ3n) is 6.34. The summed E-state index contributed by atoms with van der Waals surface area (Å²) in [5, 5.41) is 9.85. The normalized spacial score (nSPS) is 24.3. The maximum Gasteiger partial charge on any atom is 0.421 e. The lowest BCUT2D eigenvalue weighted by atomic mass is 9.93. The molecule has 0 radical (unpaired) electrons. The van der Waals surface area contributed by atoms with E-state index in [-0.39, 0.29) is 17.6 Å². The van der Waals surface area contributed by atoms with Gasteiger partial charge in [0.05, 0.1) is 6.26 Å². The summed E-state index contributed by atoms with van der Waals surface area (Å²) in [7, 11) is -3.24. The van der Waals surface area contributed by atoms with E-state index in [0.29, 0.717) is 13.1 Å². The van der Waals surface area contributed by atoms with E-state index in [4.69, 9.17) is 0 Å². The highest BCUT2D eigenvalue weighted by Gasteiger charge is 2.51. The molecule has 3 unspecified atom stereocenters. The summed E-state index contributed by atoms with van der Waals surface area (Å²) in [6, 6.07) is 13.3. The van der Waals surface area contributed by atoms with Crippen LogP contribution in [0.5, 0.6) is 0 Å². The van der Waals surface area contributed by atoms with Gasteiger partial charge in [-0.25, -0.2) is 8.42 Å². The minimum atomic E-state index is -4.76. The maximum atomic E-state index is 13.1. The Hall–Kier alpha value is -2.10. The molecule has 3 atom stereocenters. The van der Waals surface area contributed by atoms with Gasteiger partial charge in [-0.2, -0.15) is 17.5 Å². The number of piperazine rings is 1. The molecule has 2 fully saturated rings. The van der Waals surface area contributed by atoms with E-state index >= 15 is 0 Å². The summed E-state index contributed by atoms with van der Waals surface area (Å²) < 4.78 is 65.1. The van der Waals surface area contributed by atoms with Gasteiger partial charge in [0.1, 0.15) is 0 Å². The maximum absolute atomic E-state index is 13.1. The summed E-state index contributed by atoms with van der Waals surface area (Å²) in [5.41, 5.74) is -0.594. The Morgan fingerprint density at radius 2 is 1.55 bits per heavy atom. The number of sulfonamides is 1. The Morgan fingerprint density at radius 1 is 0.968 bits per heavy atom. The van der Waals surface area contributed by atoms with Gasteiger partial charge in [-0.1, -0.05) is 36.4 Å². The number of hydrogen-bond acceptors (Lipinski definition) is 4. The molecule has 2 aromatic rings. The number of fused-ring (bicyclic) bond motifs is 2. The first-order chi connectivity index (χ1) is 14.4. The Morgan fingerprint density at radius 3 is 2.06 bits per heavy atom. The first-order valence-corrected chi connectivity index (χ1v) is 12.0. The van der Waals surface area contributed by atoms with Gasteiger partial charge in [0.15, 0.2) is 5.60 Å². The van der Waals surface area contributed by atoms with Gasteiger partial charge < -0.3 is 10.0 Å². The second-order valence-corrected chi connectivity index (χ2v) is 10.5. The zero-order valence-electron chi connectivity index (χ0n) is 17.3. The van der Waals surface area contributed by atoms with Gasteiger partial charge in [-0.05, 0) is 48.6 Å². The SMILES string of the molecule is CC(O)(c1ccc(-c2cccc(N3CC4CCC(C3)N4S(C)(=O)=O)c2)cc1)C(F)(F)F. The van der Waals surface area contributed by atoms with Gasteiger partial charge in [0, 0.05) is 30.9 Å². The second-order valence-electron chi connectivity index (χ2n) is 8.58. The summed E-state index contributed by atoms with van der Waals surface area (Å²) in [6.45, 7) is 1.97. The van der Waals surface area contributed by atoms with Crippen molar-refractivity contribution in [2.75, 3.05) is 24.2 Å². The minimum absolute atomic E-state index is 0.0405. The number of benzene rings is 2. The highest BCUT2D eigenvalue weighted by molar-refractivity contribution is 7.88. The van der Waals surface area contributed by atoms with Crippen LogP contribution in [-0.2, 0) is 15.6 Å². The molecular weight excluding hydrogens is 429 g/mol. The van der Waals surface area contributed by atoms with Gasteiger partial charge in [-0.3, -0.25) is 0 Å². The molecule has 2 heterocycles. The van der Waals surface area contributed by atoms with E-state index in [2.05, 4.69) is 4.90 Å². The molecule has 0 saturated carbocycles. The first-order valence-electron chi connectivity index (χ1n) is 10.1. The Labute approximate surface area is 180 Å². The summed E-state index contributed by atoms with van der Waals surface area (Å²) in [4.78, 5) is 2.18. The number of nitrogens with zero attached hydrogens (tertiary/aromatic N) is 2. The average molecular weight is 455 g/mol. The molecule has 4 rings (SSSR count). The minimum Gasteiger partial charge on any atom is -0.376 e. The Kier molecular flexibility index (Phi) is 5.34. The highest BCUT2D eigenvalue weighted by Crippen LogP contribution is 2.39. The van der Waals surface area contributed by atoms with Crippen LogP contribution in [0.15, 0.2) is 48.5 Å². The van der Waals surface area contributed by atoms with Crippen LogP contribution >= 0.6 is 0 Å². The number of hydrogen-bond donors (Lipinski definition) is 1. The van der Waals surface area contributed by atoms with Crippen LogP contribution in [0.3, 0.4) is 0 Å². The van der Waals surface area contributed by atoms with E-state index < -0.39 is 21.8 Å². The molecule has 31 heavy (non-hydrogen) atoms. The van der Waals surface area contributed by atoms with E-state index in [1.165, 1.54) is 18.4 Å². The largest absolute Gasteiger partial charge is 0.421 e. The van der Waals surface area contributed by atoms with Crippen LogP contribution in [-0.4, -0.2) is 55.4 Å². The molecule has 2 aliphatic rings. The molecule has 0 aliphatic carbocycles. The van der Waals surface area contributed by atoms with Crippen molar-refractivity contribution in [2.24, 2.45) is 0 Å². The second kappa shape index (κ2) is 7.50. The van der Waals surface area contributed by atoms with Gasteiger partial charge in [0.2, 0.25) is 10.0 Å². The van der Waals surface area contributed by atoms with Gasteiger partial charge >= 0.3 is 6.18 Å². The van der Waals surface area contributed by atoms with Crippen LogP contribution in [0.2, 0.25) is 0 Å². The van der Waals surface area contributed by atoms with E-state index in [0.717, 1.165) is 36.6 Å². The molecule has 2 aromatic carbocycles. The van der Waals surface area contributed by atoms with Crippen LogP contribution in [0, 0.1) is 0 Å². The first kappa shape index (κ1) is 22.1. The van der Waals surface area contributed by atoms with Crippen molar-refractivity contribution in [3.63, 3.8) is 0 Å². The molecule has 1 N–H and O–H groups in total. The standard InChI is InChI=1S/C22H25F3N2O3S/c1-21(28,22(23,24)25)17-8-6-15(7-9-17)16-4-3-5-18(12-16)26-13-19-10-11-20(14-26)27(19)31(2,29)30/h3-9,12,19-20,28H,10-11,13-14H2,1-2H3. The third kappa shape index (κ3) is 4.06. The molecule has 0 spiro atoms. The number of halogens is 3. The Balaban J connectivity index is 1.56. The van der Waals surface area contributed by atoms with Crippen LogP contribution in [0.25, 0.3) is 11.1 Å². The third-order valence-corrected chi connectivity index (χ3v) is 7.70. The quantitative estimate of drug-likeness (QED) is 0.765. The topological polar surface area (TPSA) is 60.9 Å². The van der Waals surface area contributed by atoms with E-state index in [9.17, 15) is 26.7 Å². The van der Waals surface area contributed by atoms with Crippen molar-refractivity contribution in [1.29, 1.82) is 0 Å². The lowest BCUT2D eigenvalue weighted by Gasteiger charge is -2.40. The predicted octanol–water partition coefficient (Wildman–Crippen LogP) is 3.74. The number of rotatable bonds is 4. The van der Waals surface area contributed by atoms with Gasteiger partial charge in [0.25, 0.3) is 0 Å². The molecule has 2 saturated heterocycles. The predicted molar refractivity (Wildman–Crippen MR) is 113 cm³/mol. The molecule has 2 bridgehead atoms. The zero-order chi connectivity index (χ0) is 22.6. The van der Waals surface area contributed by atoms with Crippen molar-refractivity contribution in [1.82, 2.24) is 4.31 Å². The van der Waals surface area contributed by atoms with E-state index in [1.54, 1.807) is 16.4 Å². The highest BCUT2D eigenvalue weighted by atomic mass is 32.2. The lowest BCUT2D eigenvalue weighted by molar-refractivity contribution is -0.258. The van der Waals surface area contributed by atoms with Crippen LogP contribution < -0.4 is 4.90 Å². The molecular formula is C22H25F3N2O3S. The number of alkyl halides is 3. The summed E-state index contributed by atoms with van der Waals surface area (Å²) in [5.74, 6) is 0. The summed E-state index contributed by atoms with van der Waals surface area (Å²) >= 11 is 0. The fraction of sp³-hybridized carbons (Fsp3) is 0.455. The summed E-state index contributed by atoms with van der Waals surface area (Å²) in [6.07, 6.45) is -1.82. The fourth-order valence-corrected chi connectivity index (χ4v) is 6.08. The van der Waals surface area contributed by atoms with Crippen molar-refractivity contribution < 1.29 is 26.7 Å². The molecule has 5 nitrogen and oxygen atoms in total. The Bertz CT molecular complexity index is 1050. The molecule has 0 amide bonds. The van der Waals surface area contributed by atoms with Crippen molar-refractivity contribution >= 4 is 15.7 Å². The van der Waals surface area contributed by atoms with E-state index in [1.807, 2.05) is 24.3 Å². The smallest absolute Gasteiger partial charge is 0.376 e. The molecule has 0 aromatic heterocycles. The molecule has 168 valence electrons. The van der Waals surface area contributed by atoms with Gasteiger partial charge in [-0.15, -0.1) is 0 Å². The van der Waals surface area contributed by atoms with Crippen molar-refractivity contribution in [3.05, 3.63) is 54.1 Å². The number of aliphatic hydroxyl groups is 1. The zero-order valence-corrected chi connectivity index (χ0v) is 18.1. The number of anilines is 1. The van der Waals surface area contributed by atoms with Crippen LogP contribution in [0.4, 0.5) is 18.9 Å². The molecule has 9 heteroatoms. The fourth-order valence-electron chi connectivity index (χ4n) is 4.65. The van der Waals surface area contributed by atoms with Crippen LogP contribution in [0.1, 0.15) is 25.3 Å².